The van der Waals surface area contributed by atoms with E-state index in [-0.39, 0.29) is 6.54 Å². The van der Waals surface area contributed by atoms with Gasteiger partial charge in [0.25, 0.3) is 10.2 Å². The molecule has 0 aromatic rings. The van der Waals surface area contributed by atoms with Crippen molar-refractivity contribution in [1.82, 2.24) is 4.31 Å². The first-order valence-electron chi connectivity index (χ1n) is 3.45. The number of carbonyl (C=O) groups is 1. The van der Waals surface area contributed by atoms with E-state index < -0.39 is 22.2 Å². The Hall–Kier alpha value is -0.660. The van der Waals surface area contributed by atoms with Gasteiger partial charge in [0.1, 0.15) is 6.04 Å². The zero-order chi connectivity index (χ0) is 9.35. The van der Waals surface area contributed by atoms with Crippen molar-refractivity contribution in [2.75, 3.05) is 6.54 Å². The molecule has 1 aliphatic heterocycles. The van der Waals surface area contributed by atoms with Crippen molar-refractivity contribution < 1.29 is 18.3 Å². The van der Waals surface area contributed by atoms with Gasteiger partial charge in [0.05, 0.1) is 0 Å². The lowest BCUT2D eigenvalue weighted by Crippen LogP contribution is -2.43. The summed E-state index contributed by atoms with van der Waals surface area (Å²) in [6, 6.07) is -0.972. The van der Waals surface area contributed by atoms with Crippen molar-refractivity contribution in [3.8, 4) is 0 Å². The van der Waals surface area contributed by atoms with E-state index in [0.717, 1.165) is 4.31 Å². The molecule has 0 unspecified atom stereocenters. The molecule has 0 saturated carbocycles. The molecular weight excluding hydrogens is 184 g/mol. The minimum absolute atomic E-state index is 0.204. The van der Waals surface area contributed by atoms with Gasteiger partial charge in [-0.3, -0.25) is 4.79 Å². The third kappa shape index (κ3) is 1.74. The minimum atomic E-state index is -3.84. The van der Waals surface area contributed by atoms with Gasteiger partial charge < -0.3 is 5.11 Å². The lowest BCUT2D eigenvalue weighted by atomic mass is 10.2. The third-order valence-electron chi connectivity index (χ3n) is 1.82. The van der Waals surface area contributed by atoms with Gasteiger partial charge in [-0.25, -0.2) is 5.14 Å². The molecule has 6 nitrogen and oxygen atoms in total. The van der Waals surface area contributed by atoms with Crippen LogP contribution in [0.15, 0.2) is 0 Å². The molecule has 1 fully saturated rings. The molecule has 70 valence electrons. The summed E-state index contributed by atoms with van der Waals surface area (Å²) < 4.78 is 22.4. The molecule has 0 amide bonds. The fraction of sp³-hybridized carbons (Fsp3) is 0.800. The van der Waals surface area contributed by atoms with Crippen molar-refractivity contribution in [3.63, 3.8) is 0 Å². The Kier molecular flexibility index (Phi) is 2.36. The Labute approximate surface area is 70.1 Å². The molecule has 3 N–H and O–H groups in total. The maximum atomic E-state index is 10.8. The maximum Gasteiger partial charge on any atom is 0.322 e. The highest BCUT2D eigenvalue weighted by atomic mass is 32.2. The number of carboxylic acid groups (broad SMARTS) is 1. The molecule has 0 bridgehead atoms. The van der Waals surface area contributed by atoms with Gasteiger partial charge in [0.15, 0.2) is 0 Å². The summed E-state index contributed by atoms with van der Waals surface area (Å²) in [6.07, 6.45) is 0.888. The van der Waals surface area contributed by atoms with Crippen LogP contribution in [-0.4, -0.2) is 36.4 Å². The van der Waals surface area contributed by atoms with Gasteiger partial charge >= 0.3 is 5.97 Å². The summed E-state index contributed by atoms with van der Waals surface area (Å²) in [4.78, 5) is 10.5. The average Bonchev–Trinajstić information content (AvgIpc) is 2.30. The number of carboxylic acids is 1. The van der Waals surface area contributed by atoms with Crippen LogP contribution in [-0.2, 0) is 15.0 Å². The fourth-order valence-electron chi connectivity index (χ4n) is 1.29. The molecule has 12 heavy (non-hydrogen) atoms. The lowest BCUT2D eigenvalue weighted by molar-refractivity contribution is -0.140. The minimum Gasteiger partial charge on any atom is -0.480 e. The lowest BCUT2D eigenvalue weighted by Gasteiger charge is -2.17. The molecule has 0 spiro atoms. The molecule has 1 heterocycles. The number of hydrogen-bond acceptors (Lipinski definition) is 3. The Morgan fingerprint density at radius 2 is 2.17 bits per heavy atom. The van der Waals surface area contributed by atoms with Gasteiger partial charge in [-0.15, -0.1) is 0 Å². The van der Waals surface area contributed by atoms with Gasteiger partial charge in [-0.2, -0.15) is 12.7 Å². The number of nitrogens with two attached hydrogens (primary N) is 1. The smallest absolute Gasteiger partial charge is 0.322 e. The summed E-state index contributed by atoms with van der Waals surface area (Å²) in [7, 11) is -3.84. The number of rotatable bonds is 2. The second-order valence-electron chi connectivity index (χ2n) is 2.65. The van der Waals surface area contributed by atoms with E-state index in [2.05, 4.69) is 0 Å². The summed E-state index contributed by atoms with van der Waals surface area (Å²) >= 11 is 0. The zero-order valence-corrected chi connectivity index (χ0v) is 7.12. The quantitative estimate of drug-likeness (QED) is 0.572. The maximum absolute atomic E-state index is 10.8. The first kappa shape index (κ1) is 9.43. The van der Waals surface area contributed by atoms with Crippen LogP contribution in [0.3, 0.4) is 0 Å². The van der Waals surface area contributed by atoms with E-state index in [1.807, 2.05) is 0 Å². The van der Waals surface area contributed by atoms with Crippen molar-refractivity contribution in [1.29, 1.82) is 0 Å². The Morgan fingerprint density at radius 1 is 1.58 bits per heavy atom. The van der Waals surface area contributed by atoms with Crippen molar-refractivity contribution >= 4 is 16.2 Å². The van der Waals surface area contributed by atoms with Crippen LogP contribution in [0.2, 0.25) is 0 Å². The largest absolute Gasteiger partial charge is 0.480 e. The Balaban J connectivity index is 2.85. The van der Waals surface area contributed by atoms with E-state index in [1.165, 1.54) is 0 Å². The summed E-state index contributed by atoms with van der Waals surface area (Å²) in [5, 5.41) is 13.4. The summed E-state index contributed by atoms with van der Waals surface area (Å²) in [5.74, 6) is -1.14. The van der Waals surface area contributed by atoms with E-state index >= 15 is 0 Å². The second kappa shape index (κ2) is 3.00. The van der Waals surface area contributed by atoms with E-state index in [9.17, 15) is 13.2 Å². The van der Waals surface area contributed by atoms with Crippen molar-refractivity contribution in [2.45, 2.75) is 18.9 Å². The second-order valence-corrected chi connectivity index (χ2v) is 4.15. The molecule has 7 heteroatoms. The standard InChI is InChI=1S/C5H10N2O4S/c6-12(10,11)7-3-1-2-4(7)5(8)9/h4H,1-3H2,(H,8,9)(H2,6,10,11)/t4-/m0/s1. The highest BCUT2D eigenvalue weighted by molar-refractivity contribution is 7.86. The summed E-state index contributed by atoms with van der Waals surface area (Å²) in [6.45, 7) is 0.204. The molecule has 1 rings (SSSR count). The van der Waals surface area contributed by atoms with Crippen LogP contribution in [0.1, 0.15) is 12.8 Å². The molecule has 0 aromatic heterocycles. The molecule has 1 saturated heterocycles. The summed E-state index contributed by atoms with van der Waals surface area (Å²) in [5.41, 5.74) is 0. The fourth-order valence-corrected chi connectivity index (χ4v) is 2.23. The van der Waals surface area contributed by atoms with Gasteiger partial charge in [-0.05, 0) is 12.8 Å². The van der Waals surface area contributed by atoms with Crippen LogP contribution < -0.4 is 5.14 Å². The first-order valence-corrected chi connectivity index (χ1v) is 4.95. The molecule has 0 radical (unpaired) electrons. The normalized spacial score (nSPS) is 25.9. The molecule has 0 aliphatic carbocycles. The van der Waals surface area contributed by atoms with Crippen LogP contribution in [0.5, 0.6) is 0 Å². The Morgan fingerprint density at radius 3 is 2.50 bits per heavy atom. The highest BCUT2D eigenvalue weighted by Gasteiger charge is 2.36. The van der Waals surface area contributed by atoms with Crippen LogP contribution in [0.25, 0.3) is 0 Å². The monoisotopic (exact) mass is 194 g/mol. The Bertz CT molecular complexity index is 286. The van der Waals surface area contributed by atoms with E-state index in [1.54, 1.807) is 0 Å². The topological polar surface area (TPSA) is 101 Å². The molecule has 1 atom stereocenters. The van der Waals surface area contributed by atoms with Crippen molar-refractivity contribution in [3.05, 3.63) is 0 Å². The highest BCUT2D eigenvalue weighted by Crippen LogP contribution is 2.18. The SMILES string of the molecule is NS(=O)(=O)N1CCC[C@H]1C(=O)O. The van der Waals surface area contributed by atoms with E-state index in [0.29, 0.717) is 12.8 Å². The van der Waals surface area contributed by atoms with Crippen LogP contribution >= 0.6 is 0 Å². The molecule has 0 aromatic carbocycles. The average molecular weight is 194 g/mol. The van der Waals surface area contributed by atoms with Crippen LogP contribution in [0, 0.1) is 0 Å². The number of nitrogens with zero attached hydrogens (tertiary/aromatic N) is 1. The molecular formula is C5H10N2O4S. The number of hydrogen-bond donors (Lipinski definition) is 2. The predicted octanol–water partition coefficient (Wildman–Crippen LogP) is -1.26. The van der Waals surface area contributed by atoms with Gasteiger partial charge in [0, 0.05) is 6.54 Å². The molecule has 1 aliphatic rings. The van der Waals surface area contributed by atoms with Crippen molar-refractivity contribution in [2.24, 2.45) is 5.14 Å². The van der Waals surface area contributed by atoms with Crippen LogP contribution in [0.4, 0.5) is 0 Å². The zero-order valence-electron chi connectivity index (χ0n) is 6.30. The van der Waals surface area contributed by atoms with E-state index in [4.69, 9.17) is 10.2 Å². The third-order valence-corrected chi connectivity index (χ3v) is 2.91. The van der Waals surface area contributed by atoms with Gasteiger partial charge in [0.2, 0.25) is 0 Å². The number of aliphatic carboxylic acids is 1. The first-order chi connectivity index (χ1) is 5.43. The van der Waals surface area contributed by atoms with Gasteiger partial charge in [-0.1, -0.05) is 0 Å². The predicted molar refractivity (Wildman–Crippen MR) is 40.5 cm³/mol.